The summed E-state index contributed by atoms with van der Waals surface area (Å²) in [7, 11) is 1.09. The van der Waals surface area contributed by atoms with E-state index in [9.17, 15) is 19.0 Å². The Bertz CT molecular complexity index is 1350. The van der Waals surface area contributed by atoms with Crippen molar-refractivity contribution in [1.82, 2.24) is 0 Å². The van der Waals surface area contributed by atoms with Crippen molar-refractivity contribution >= 4 is 19.8 Å². The second kappa shape index (κ2) is 39.1. The number of phosphoric acid groups is 1. The summed E-state index contributed by atoms with van der Waals surface area (Å²) in [5, 5.41) is 0. The molecule has 0 radical (unpaired) electrons. The molecule has 0 aliphatic heterocycles. The lowest BCUT2D eigenvalue weighted by molar-refractivity contribution is -0.870. The first kappa shape index (κ1) is 54.7. The zero-order valence-corrected chi connectivity index (χ0v) is 37.6. The average molecular weight is 828 g/mol. The van der Waals surface area contributed by atoms with Crippen LogP contribution in [0.5, 0.6) is 0 Å². The molecule has 0 N–H and O–H groups in total. The van der Waals surface area contributed by atoms with Crippen molar-refractivity contribution in [3.63, 3.8) is 0 Å². The van der Waals surface area contributed by atoms with Gasteiger partial charge in [0.25, 0.3) is 7.82 Å². The summed E-state index contributed by atoms with van der Waals surface area (Å²) in [5.41, 5.74) is 0. The van der Waals surface area contributed by atoms with E-state index in [1.807, 2.05) is 27.2 Å². The summed E-state index contributed by atoms with van der Waals surface area (Å²) in [6, 6.07) is 0. The molecule has 0 rings (SSSR count). The van der Waals surface area contributed by atoms with Gasteiger partial charge in [-0.2, -0.15) is 0 Å². The maximum atomic E-state index is 12.7. The van der Waals surface area contributed by atoms with Crippen LogP contribution in [-0.2, 0) is 32.7 Å². The monoisotopic (exact) mass is 828 g/mol. The number of unbranched alkanes of at least 4 members (excludes halogenated alkanes) is 5. The molecule has 2 atom stereocenters. The normalized spacial score (nSPS) is 14.7. The molecular weight excluding hydrogens is 750 g/mol. The third-order valence-corrected chi connectivity index (χ3v) is 9.25. The molecule has 0 aliphatic rings. The van der Waals surface area contributed by atoms with E-state index in [0.29, 0.717) is 23.9 Å². The SMILES string of the molecule is CC/C=C\C/C=C\C/C=C\C/C=C\C/C=C\CCCC(=O)OC[C@H](COP(=O)([O-])OCC[N+](C)(C)C)OC(=O)CCCCCC/C=C\C/C=C\C/C=C\C/C=C\CC. The summed E-state index contributed by atoms with van der Waals surface area (Å²) in [6.45, 7) is 3.87. The molecule has 0 aromatic heterocycles. The summed E-state index contributed by atoms with van der Waals surface area (Å²) in [6.07, 6.45) is 52.7. The molecule has 0 saturated heterocycles. The quantitative estimate of drug-likeness (QED) is 0.0200. The first-order valence-corrected chi connectivity index (χ1v) is 23.1. The lowest BCUT2D eigenvalue weighted by atomic mass is 10.1. The Kier molecular flexibility index (Phi) is 36.9. The molecule has 328 valence electrons. The van der Waals surface area contributed by atoms with Gasteiger partial charge in [-0.3, -0.25) is 14.2 Å². The van der Waals surface area contributed by atoms with Gasteiger partial charge in [0.15, 0.2) is 6.10 Å². The highest BCUT2D eigenvalue weighted by atomic mass is 31.2. The van der Waals surface area contributed by atoms with Crippen LogP contribution in [0.15, 0.2) is 109 Å². The Balaban J connectivity index is 4.54. The topological polar surface area (TPSA) is 111 Å². The maximum absolute atomic E-state index is 12.7. The minimum Gasteiger partial charge on any atom is -0.756 e. The third kappa shape index (κ3) is 42.3. The lowest BCUT2D eigenvalue weighted by Crippen LogP contribution is -2.37. The molecule has 10 heteroatoms. The van der Waals surface area contributed by atoms with Crippen LogP contribution in [0.3, 0.4) is 0 Å². The van der Waals surface area contributed by atoms with Gasteiger partial charge in [-0.1, -0.05) is 136 Å². The van der Waals surface area contributed by atoms with Gasteiger partial charge >= 0.3 is 11.9 Å². The van der Waals surface area contributed by atoms with Gasteiger partial charge in [-0.25, -0.2) is 0 Å². The van der Waals surface area contributed by atoms with Crippen molar-refractivity contribution in [3.05, 3.63) is 109 Å². The molecule has 58 heavy (non-hydrogen) atoms. The van der Waals surface area contributed by atoms with Crippen LogP contribution < -0.4 is 4.89 Å². The lowest BCUT2D eigenvalue weighted by Gasteiger charge is -2.28. The number of likely N-dealkylation sites (N-methyl/N-ethyl adjacent to an activating group) is 1. The van der Waals surface area contributed by atoms with E-state index in [2.05, 4.69) is 117 Å². The average Bonchev–Trinajstić information content (AvgIpc) is 3.17. The molecule has 9 nitrogen and oxygen atoms in total. The number of carbonyl (C=O) groups is 2. The van der Waals surface area contributed by atoms with E-state index in [0.717, 1.165) is 89.9 Å². The Labute approximate surface area is 353 Å². The van der Waals surface area contributed by atoms with Gasteiger partial charge in [0.1, 0.15) is 19.8 Å². The van der Waals surface area contributed by atoms with Gasteiger partial charge in [-0.15, -0.1) is 0 Å². The number of esters is 2. The molecular formula is C48H78NO8P. The van der Waals surface area contributed by atoms with Crippen molar-refractivity contribution in [1.29, 1.82) is 0 Å². The van der Waals surface area contributed by atoms with E-state index < -0.39 is 32.5 Å². The number of ether oxygens (including phenoxy) is 2. The molecule has 0 amide bonds. The zero-order valence-electron chi connectivity index (χ0n) is 36.7. The van der Waals surface area contributed by atoms with Gasteiger partial charge in [-0.05, 0) is 89.9 Å². The minimum atomic E-state index is -4.65. The molecule has 1 unspecified atom stereocenters. The van der Waals surface area contributed by atoms with Crippen LogP contribution in [-0.4, -0.2) is 70.0 Å². The largest absolute Gasteiger partial charge is 0.756 e. The first-order chi connectivity index (χ1) is 28.0. The van der Waals surface area contributed by atoms with Crippen LogP contribution in [0.1, 0.15) is 129 Å². The third-order valence-electron chi connectivity index (χ3n) is 8.29. The molecule has 0 aliphatic carbocycles. The summed E-state index contributed by atoms with van der Waals surface area (Å²) >= 11 is 0. The highest BCUT2D eigenvalue weighted by Crippen LogP contribution is 2.38. The van der Waals surface area contributed by atoms with Crippen molar-refractivity contribution in [2.45, 2.75) is 136 Å². The number of quaternary nitrogens is 1. The highest BCUT2D eigenvalue weighted by Gasteiger charge is 2.21. The van der Waals surface area contributed by atoms with Crippen LogP contribution in [0.25, 0.3) is 0 Å². The van der Waals surface area contributed by atoms with Gasteiger partial charge in [0, 0.05) is 12.8 Å². The Morgan fingerprint density at radius 1 is 0.534 bits per heavy atom. The zero-order chi connectivity index (χ0) is 42.8. The predicted molar refractivity (Wildman–Crippen MR) is 240 cm³/mol. The van der Waals surface area contributed by atoms with E-state index in [1.165, 1.54) is 0 Å². The number of carbonyl (C=O) groups excluding carboxylic acids is 2. The van der Waals surface area contributed by atoms with E-state index >= 15 is 0 Å². The minimum absolute atomic E-state index is 0.0517. The molecule has 0 bridgehead atoms. The van der Waals surface area contributed by atoms with Gasteiger partial charge in [0.2, 0.25) is 0 Å². The molecule has 0 aromatic carbocycles. The summed E-state index contributed by atoms with van der Waals surface area (Å²) in [4.78, 5) is 37.5. The van der Waals surface area contributed by atoms with Crippen LogP contribution in [0.4, 0.5) is 0 Å². The standard InChI is InChI=1S/C48H78NO8P/c1-6-8-10-12-14-16-18-20-22-24-26-28-30-32-34-36-38-40-47(50)54-44-46(45-56-58(52,53)55-43-42-49(3,4)5)57-48(51)41-39-37-35-33-31-29-27-25-23-21-19-17-15-13-11-9-7-2/h8-11,14-17,20-23,26-29,32,34,46H,6-7,12-13,18-19,24-25,30-31,33,35-45H2,1-5H3/b10-8-,11-9-,16-14-,17-15-,22-20-,23-21-,28-26-,29-27-,34-32-/t46-/m1/s1. The predicted octanol–water partition coefficient (Wildman–Crippen LogP) is 11.7. The van der Waals surface area contributed by atoms with Crippen LogP contribution in [0, 0.1) is 0 Å². The first-order valence-electron chi connectivity index (χ1n) is 21.6. The fraction of sp³-hybridized carbons (Fsp3) is 0.583. The van der Waals surface area contributed by atoms with E-state index in [-0.39, 0.29) is 26.1 Å². The van der Waals surface area contributed by atoms with Crippen LogP contribution >= 0.6 is 7.82 Å². The second-order valence-corrected chi connectivity index (χ2v) is 16.4. The number of hydrogen-bond donors (Lipinski definition) is 0. The summed E-state index contributed by atoms with van der Waals surface area (Å²) < 4.78 is 33.8. The Hall–Kier alpha value is -3.33. The maximum Gasteiger partial charge on any atom is 0.306 e. The second-order valence-electron chi connectivity index (χ2n) is 14.9. The highest BCUT2D eigenvalue weighted by molar-refractivity contribution is 7.45. The van der Waals surface area contributed by atoms with Crippen molar-refractivity contribution in [2.24, 2.45) is 0 Å². The van der Waals surface area contributed by atoms with E-state index in [4.69, 9.17) is 18.5 Å². The molecule has 0 heterocycles. The van der Waals surface area contributed by atoms with Crippen molar-refractivity contribution < 1.29 is 42.1 Å². The Morgan fingerprint density at radius 3 is 1.41 bits per heavy atom. The van der Waals surface area contributed by atoms with Gasteiger partial charge in [0.05, 0.1) is 27.7 Å². The summed E-state index contributed by atoms with van der Waals surface area (Å²) in [5.74, 6) is -0.945. The number of allylic oxidation sites excluding steroid dienone is 18. The fourth-order valence-electron chi connectivity index (χ4n) is 4.97. The molecule has 0 fully saturated rings. The fourth-order valence-corrected chi connectivity index (χ4v) is 5.70. The smallest absolute Gasteiger partial charge is 0.306 e. The van der Waals surface area contributed by atoms with Crippen molar-refractivity contribution in [3.8, 4) is 0 Å². The van der Waals surface area contributed by atoms with E-state index in [1.54, 1.807) is 0 Å². The van der Waals surface area contributed by atoms with Gasteiger partial charge < -0.3 is 27.9 Å². The number of rotatable bonds is 37. The Morgan fingerprint density at radius 2 is 0.948 bits per heavy atom. The molecule has 0 spiro atoms. The number of phosphoric ester groups is 1. The number of hydrogen-bond acceptors (Lipinski definition) is 8. The van der Waals surface area contributed by atoms with Crippen LogP contribution in [0.2, 0.25) is 0 Å². The number of nitrogens with zero attached hydrogens (tertiary/aromatic N) is 1. The molecule has 0 aromatic rings. The van der Waals surface area contributed by atoms with Crippen molar-refractivity contribution in [2.75, 3.05) is 47.5 Å². The molecule has 0 saturated carbocycles.